The molecule has 0 radical (unpaired) electrons. The summed E-state index contributed by atoms with van der Waals surface area (Å²) in [6, 6.07) is 4.34. The topological polar surface area (TPSA) is 66.0 Å². The van der Waals surface area contributed by atoms with Crippen molar-refractivity contribution >= 4 is 17.2 Å². The molecular weight excluding hydrogens is 255 g/mol. The number of aromatic nitrogens is 3. The molecule has 2 aromatic rings. The lowest BCUT2D eigenvalue weighted by atomic mass is 10.2. The Morgan fingerprint density at radius 1 is 1.56 bits per heavy atom. The summed E-state index contributed by atoms with van der Waals surface area (Å²) in [4.78, 5) is 0.0213. The van der Waals surface area contributed by atoms with Crippen molar-refractivity contribution in [1.82, 2.24) is 15.0 Å². The molecule has 0 aliphatic heterocycles. The van der Waals surface area contributed by atoms with E-state index >= 15 is 0 Å². The maximum absolute atomic E-state index is 13.6. The zero-order valence-electron chi connectivity index (χ0n) is 9.63. The number of benzene rings is 1. The third-order valence-electron chi connectivity index (χ3n) is 2.24. The van der Waals surface area contributed by atoms with Crippen LogP contribution in [0.3, 0.4) is 0 Å². The van der Waals surface area contributed by atoms with Crippen molar-refractivity contribution in [3.63, 3.8) is 0 Å². The Balaban J connectivity index is 2.06. The van der Waals surface area contributed by atoms with Crippen molar-refractivity contribution in [2.24, 2.45) is 12.8 Å². The fraction of sp³-hybridized carbons (Fsp3) is 0.182. The number of ether oxygens (including phenoxy) is 1. The smallest absolute Gasteiger partial charge is 0.137 e. The van der Waals surface area contributed by atoms with Gasteiger partial charge in [-0.05, 0) is 12.1 Å². The Kier molecular flexibility index (Phi) is 3.52. The van der Waals surface area contributed by atoms with Crippen molar-refractivity contribution in [1.29, 1.82) is 0 Å². The molecule has 2 rings (SSSR count). The first kappa shape index (κ1) is 12.4. The van der Waals surface area contributed by atoms with E-state index in [0.717, 1.165) is 0 Å². The molecule has 0 aliphatic rings. The molecular formula is C11H11FN4OS. The van der Waals surface area contributed by atoms with E-state index in [-0.39, 0.29) is 17.2 Å². The average Bonchev–Trinajstić information content (AvgIpc) is 2.72. The molecule has 0 saturated carbocycles. The van der Waals surface area contributed by atoms with Crippen molar-refractivity contribution < 1.29 is 9.13 Å². The highest BCUT2D eigenvalue weighted by Gasteiger charge is 2.07. The van der Waals surface area contributed by atoms with E-state index in [0.29, 0.717) is 11.4 Å². The fourth-order valence-corrected chi connectivity index (χ4v) is 1.57. The number of nitrogens with zero attached hydrogens (tertiary/aromatic N) is 3. The molecule has 0 unspecified atom stereocenters. The normalized spacial score (nSPS) is 10.3. The molecule has 7 heteroatoms. The maximum Gasteiger partial charge on any atom is 0.137 e. The van der Waals surface area contributed by atoms with Crippen LogP contribution in [0.15, 0.2) is 24.4 Å². The predicted molar refractivity (Wildman–Crippen MR) is 67.6 cm³/mol. The number of rotatable bonds is 4. The van der Waals surface area contributed by atoms with Crippen LogP contribution >= 0.6 is 12.2 Å². The number of hydrogen-bond donors (Lipinski definition) is 1. The molecule has 94 valence electrons. The van der Waals surface area contributed by atoms with E-state index in [1.807, 2.05) is 0 Å². The minimum atomic E-state index is -0.501. The number of hydrogen-bond acceptors (Lipinski definition) is 4. The van der Waals surface area contributed by atoms with Crippen molar-refractivity contribution in [2.45, 2.75) is 6.61 Å². The quantitative estimate of drug-likeness (QED) is 0.841. The van der Waals surface area contributed by atoms with Gasteiger partial charge in [0.1, 0.15) is 28.9 Å². The molecule has 2 N–H and O–H groups in total. The summed E-state index contributed by atoms with van der Waals surface area (Å²) in [5.74, 6) is -0.114. The summed E-state index contributed by atoms with van der Waals surface area (Å²) in [5.41, 5.74) is 6.23. The van der Waals surface area contributed by atoms with Crippen LogP contribution in [0.1, 0.15) is 11.3 Å². The largest absolute Gasteiger partial charge is 0.487 e. The van der Waals surface area contributed by atoms with Gasteiger partial charge in [-0.3, -0.25) is 4.68 Å². The second-order valence-corrected chi connectivity index (χ2v) is 4.12. The van der Waals surface area contributed by atoms with Gasteiger partial charge in [0, 0.05) is 18.7 Å². The lowest BCUT2D eigenvalue weighted by Gasteiger charge is -2.06. The average molecular weight is 266 g/mol. The Labute approximate surface area is 108 Å². The molecule has 5 nitrogen and oxygen atoms in total. The summed E-state index contributed by atoms with van der Waals surface area (Å²) >= 11 is 4.71. The van der Waals surface area contributed by atoms with E-state index in [1.165, 1.54) is 12.1 Å². The van der Waals surface area contributed by atoms with Gasteiger partial charge in [-0.25, -0.2) is 4.39 Å². The van der Waals surface area contributed by atoms with Crippen LogP contribution in [-0.4, -0.2) is 20.0 Å². The van der Waals surface area contributed by atoms with Crippen LogP contribution in [0, 0.1) is 5.82 Å². The van der Waals surface area contributed by atoms with Crippen LogP contribution in [-0.2, 0) is 13.7 Å². The van der Waals surface area contributed by atoms with Crippen molar-refractivity contribution in [2.75, 3.05) is 0 Å². The minimum absolute atomic E-state index is 0.0213. The van der Waals surface area contributed by atoms with Gasteiger partial charge >= 0.3 is 0 Å². The standard InChI is InChI=1S/C11H11FN4OS/c1-16-5-7(14-15-16)6-17-8-2-3-9(11(13)18)10(12)4-8/h2-5H,6H2,1H3,(H2,13,18). The Morgan fingerprint density at radius 2 is 2.33 bits per heavy atom. The minimum Gasteiger partial charge on any atom is -0.487 e. The molecule has 0 aliphatic carbocycles. The lowest BCUT2D eigenvalue weighted by molar-refractivity contribution is 0.299. The summed E-state index contributed by atoms with van der Waals surface area (Å²) in [6.45, 7) is 0.222. The van der Waals surface area contributed by atoms with E-state index < -0.39 is 5.82 Å². The number of aryl methyl sites for hydroxylation is 1. The monoisotopic (exact) mass is 266 g/mol. The van der Waals surface area contributed by atoms with Gasteiger partial charge in [0.25, 0.3) is 0 Å². The second kappa shape index (κ2) is 5.09. The Bertz CT molecular complexity index is 584. The van der Waals surface area contributed by atoms with Gasteiger partial charge in [-0.15, -0.1) is 5.10 Å². The number of halogens is 1. The van der Waals surface area contributed by atoms with E-state index in [2.05, 4.69) is 10.3 Å². The molecule has 0 amide bonds. The molecule has 1 heterocycles. The molecule has 18 heavy (non-hydrogen) atoms. The summed E-state index contributed by atoms with van der Waals surface area (Å²) < 4.78 is 20.5. The first-order chi connectivity index (χ1) is 8.56. The first-order valence-corrected chi connectivity index (χ1v) is 5.54. The highest BCUT2D eigenvalue weighted by molar-refractivity contribution is 7.80. The number of nitrogens with two attached hydrogens (primary N) is 1. The summed E-state index contributed by atoms with van der Waals surface area (Å²) in [7, 11) is 1.76. The molecule has 0 atom stereocenters. The Morgan fingerprint density at radius 3 is 2.89 bits per heavy atom. The van der Waals surface area contributed by atoms with E-state index in [1.54, 1.807) is 24.0 Å². The molecule has 0 fully saturated rings. The van der Waals surface area contributed by atoms with Gasteiger partial charge in [0.2, 0.25) is 0 Å². The van der Waals surface area contributed by atoms with Gasteiger partial charge in [-0.2, -0.15) is 0 Å². The molecule has 1 aromatic carbocycles. The highest BCUT2D eigenvalue weighted by atomic mass is 32.1. The van der Waals surface area contributed by atoms with Crippen molar-refractivity contribution in [3.8, 4) is 5.75 Å². The molecule has 0 spiro atoms. The molecule has 0 saturated heterocycles. The molecule has 0 bridgehead atoms. The van der Waals surface area contributed by atoms with Gasteiger partial charge in [-0.1, -0.05) is 17.4 Å². The van der Waals surface area contributed by atoms with Crippen LogP contribution in [0.25, 0.3) is 0 Å². The van der Waals surface area contributed by atoms with Gasteiger partial charge in [0.05, 0.1) is 6.20 Å². The SMILES string of the molecule is Cn1cc(COc2ccc(C(N)=S)c(F)c2)nn1. The van der Waals surface area contributed by atoms with E-state index in [4.69, 9.17) is 22.7 Å². The predicted octanol–water partition coefficient (Wildman–Crippen LogP) is 1.17. The second-order valence-electron chi connectivity index (χ2n) is 3.68. The van der Waals surface area contributed by atoms with Gasteiger partial charge in [0.15, 0.2) is 0 Å². The van der Waals surface area contributed by atoms with E-state index in [9.17, 15) is 4.39 Å². The zero-order valence-corrected chi connectivity index (χ0v) is 10.4. The van der Waals surface area contributed by atoms with Crippen LogP contribution in [0.2, 0.25) is 0 Å². The molecule has 1 aromatic heterocycles. The summed E-state index contributed by atoms with van der Waals surface area (Å²) in [6.07, 6.45) is 1.72. The lowest BCUT2D eigenvalue weighted by Crippen LogP contribution is -2.11. The first-order valence-electron chi connectivity index (χ1n) is 5.13. The maximum atomic E-state index is 13.6. The van der Waals surface area contributed by atoms with Crippen molar-refractivity contribution in [3.05, 3.63) is 41.5 Å². The highest BCUT2D eigenvalue weighted by Crippen LogP contribution is 2.17. The fourth-order valence-electron chi connectivity index (χ4n) is 1.40. The third kappa shape index (κ3) is 2.80. The Hall–Kier alpha value is -2.02. The van der Waals surface area contributed by atoms with Crippen LogP contribution in [0.4, 0.5) is 4.39 Å². The van der Waals surface area contributed by atoms with Crippen LogP contribution in [0.5, 0.6) is 5.75 Å². The third-order valence-corrected chi connectivity index (χ3v) is 2.46. The number of thiocarbonyl (C=S) groups is 1. The summed E-state index contributed by atoms with van der Waals surface area (Å²) in [5, 5.41) is 7.62. The van der Waals surface area contributed by atoms with Crippen LogP contribution < -0.4 is 10.5 Å². The zero-order chi connectivity index (χ0) is 13.1. The van der Waals surface area contributed by atoms with Gasteiger partial charge < -0.3 is 10.5 Å².